The van der Waals surface area contributed by atoms with Crippen molar-refractivity contribution >= 4 is 67.0 Å². The SMILES string of the molecule is O=CNc1cccc(C(=O)Nc2cccc(C(=O)Nc3cc4c(O)cc(S(O)(O)O)cc4cc3S(=O)(=O)O)c2)c1. The molecule has 0 spiro atoms. The Balaban J connectivity index is 1.64. The number of aromatic hydroxyl groups is 1. The summed E-state index contributed by atoms with van der Waals surface area (Å²) in [5.74, 6) is -1.95. The third-order valence-corrected chi connectivity index (χ3v) is 7.34. The number of benzene rings is 4. The summed E-state index contributed by atoms with van der Waals surface area (Å²) >= 11 is 0. The molecule has 0 aromatic heterocycles. The maximum atomic E-state index is 13.0. The van der Waals surface area contributed by atoms with Crippen LogP contribution >= 0.6 is 10.9 Å². The first-order chi connectivity index (χ1) is 18.8. The van der Waals surface area contributed by atoms with Gasteiger partial charge in [0.2, 0.25) is 6.41 Å². The number of rotatable bonds is 8. The van der Waals surface area contributed by atoms with Gasteiger partial charge < -0.3 is 34.7 Å². The van der Waals surface area contributed by atoms with E-state index in [1.165, 1.54) is 36.4 Å². The van der Waals surface area contributed by atoms with Crippen molar-refractivity contribution in [3.63, 3.8) is 0 Å². The molecular formula is C25H21N3O10S2. The number of nitrogens with one attached hydrogen (secondary N) is 3. The minimum absolute atomic E-state index is 0.00986. The molecule has 4 aromatic rings. The second-order valence-electron chi connectivity index (χ2n) is 8.34. The van der Waals surface area contributed by atoms with E-state index in [1.54, 1.807) is 12.1 Å². The molecule has 8 N–H and O–H groups in total. The first kappa shape index (κ1) is 28.5. The van der Waals surface area contributed by atoms with Gasteiger partial charge in [-0.3, -0.25) is 18.9 Å². The molecule has 0 bridgehead atoms. The summed E-state index contributed by atoms with van der Waals surface area (Å²) in [6.07, 6.45) is 0.464. The van der Waals surface area contributed by atoms with Crippen LogP contribution in [0, 0.1) is 0 Å². The molecule has 0 saturated heterocycles. The highest BCUT2D eigenvalue weighted by Crippen LogP contribution is 2.47. The van der Waals surface area contributed by atoms with Crippen LogP contribution in [0.25, 0.3) is 10.8 Å². The van der Waals surface area contributed by atoms with E-state index < -0.39 is 54.0 Å². The summed E-state index contributed by atoms with van der Waals surface area (Å²) < 4.78 is 62.4. The van der Waals surface area contributed by atoms with Gasteiger partial charge >= 0.3 is 0 Å². The van der Waals surface area contributed by atoms with Crippen molar-refractivity contribution in [3.8, 4) is 5.75 Å². The van der Waals surface area contributed by atoms with Crippen LogP contribution in [0.15, 0.2) is 82.6 Å². The number of amides is 3. The Morgan fingerprint density at radius 3 is 1.95 bits per heavy atom. The highest BCUT2D eigenvalue weighted by Gasteiger charge is 2.23. The molecule has 0 aliphatic rings. The lowest BCUT2D eigenvalue weighted by Gasteiger charge is -2.20. The number of carbonyl (C=O) groups excluding carboxylic acids is 3. The molecule has 0 aliphatic heterocycles. The second kappa shape index (κ2) is 10.9. The lowest BCUT2D eigenvalue weighted by molar-refractivity contribution is -0.105. The van der Waals surface area contributed by atoms with Crippen molar-refractivity contribution in [2.75, 3.05) is 16.0 Å². The molecule has 40 heavy (non-hydrogen) atoms. The zero-order valence-electron chi connectivity index (χ0n) is 20.1. The topological polar surface area (TPSA) is 223 Å². The van der Waals surface area contributed by atoms with Crippen LogP contribution in [0.5, 0.6) is 5.75 Å². The van der Waals surface area contributed by atoms with Crippen molar-refractivity contribution in [2.24, 2.45) is 0 Å². The third kappa shape index (κ3) is 6.37. The molecule has 3 amide bonds. The number of hydrogen-bond acceptors (Lipinski definition) is 9. The Morgan fingerprint density at radius 1 is 0.750 bits per heavy atom. The molecule has 15 heteroatoms. The predicted octanol–water partition coefficient (Wildman–Crippen LogP) is 4.45. The Morgan fingerprint density at radius 2 is 1.35 bits per heavy atom. The summed E-state index contributed by atoms with van der Waals surface area (Å²) in [5, 5.41) is 17.6. The normalized spacial score (nSPS) is 12.0. The Kier molecular flexibility index (Phi) is 7.79. The molecule has 13 nitrogen and oxygen atoms in total. The number of fused-ring (bicyclic) bond motifs is 1. The summed E-state index contributed by atoms with van der Waals surface area (Å²) in [7, 11) is -9.19. The zero-order chi connectivity index (χ0) is 29.2. The summed E-state index contributed by atoms with van der Waals surface area (Å²) in [6, 6.07) is 15.5. The molecule has 4 aromatic carbocycles. The van der Waals surface area contributed by atoms with E-state index in [0.717, 1.165) is 24.3 Å². The average Bonchev–Trinajstić information content (AvgIpc) is 2.88. The van der Waals surface area contributed by atoms with Gasteiger partial charge in [0.15, 0.2) is 0 Å². The smallest absolute Gasteiger partial charge is 0.296 e. The zero-order valence-corrected chi connectivity index (χ0v) is 21.7. The summed E-state index contributed by atoms with van der Waals surface area (Å²) in [6.45, 7) is 0. The van der Waals surface area contributed by atoms with Gasteiger partial charge in [-0.25, -0.2) is 0 Å². The summed E-state index contributed by atoms with van der Waals surface area (Å²) in [4.78, 5) is 35.1. The largest absolute Gasteiger partial charge is 0.507 e. The third-order valence-electron chi connectivity index (χ3n) is 5.58. The van der Waals surface area contributed by atoms with Gasteiger partial charge in [-0.05, 0) is 66.0 Å². The molecule has 0 atom stereocenters. The highest BCUT2D eigenvalue weighted by atomic mass is 32.3. The van der Waals surface area contributed by atoms with Gasteiger partial charge in [0.1, 0.15) is 21.5 Å². The van der Waals surface area contributed by atoms with Crippen LogP contribution in [0.2, 0.25) is 0 Å². The predicted molar refractivity (Wildman–Crippen MR) is 148 cm³/mol. The Hall–Kier alpha value is -4.51. The van der Waals surface area contributed by atoms with E-state index >= 15 is 0 Å². The van der Waals surface area contributed by atoms with E-state index in [2.05, 4.69) is 16.0 Å². The van der Waals surface area contributed by atoms with Gasteiger partial charge in [0.25, 0.3) is 21.9 Å². The first-order valence-electron chi connectivity index (χ1n) is 11.1. The summed E-state index contributed by atoms with van der Waals surface area (Å²) in [5.41, 5.74) is 0.416. The number of hydrogen-bond donors (Lipinski definition) is 8. The fourth-order valence-electron chi connectivity index (χ4n) is 3.77. The number of phenols is 1. The Bertz CT molecular complexity index is 1770. The van der Waals surface area contributed by atoms with E-state index in [4.69, 9.17) is 0 Å². The van der Waals surface area contributed by atoms with Crippen molar-refractivity contribution < 1.29 is 46.1 Å². The molecule has 0 saturated carbocycles. The lowest BCUT2D eigenvalue weighted by atomic mass is 10.1. The minimum atomic E-state index is -4.94. The van der Waals surface area contributed by atoms with Crippen LogP contribution in [0.4, 0.5) is 17.1 Å². The van der Waals surface area contributed by atoms with E-state index in [-0.39, 0.29) is 27.6 Å². The lowest BCUT2D eigenvalue weighted by Crippen LogP contribution is -2.16. The molecule has 0 radical (unpaired) electrons. The van der Waals surface area contributed by atoms with Gasteiger partial charge in [-0.1, -0.05) is 12.1 Å². The van der Waals surface area contributed by atoms with Crippen molar-refractivity contribution in [1.29, 1.82) is 0 Å². The second-order valence-corrected chi connectivity index (χ2v) is 11.2. The minimum Gasteiger partial charge on any atom is -0.507 e. The van der Waals surface area contributed by atoms with Crippen molar-refractivity contribution in [2.45, 2.75) is 9.79 Å². The maximum absolute atomic E-state index is 13.0. The number of anilines is 3. The average molecular weight is 588 g/mol. The first-order valence-corrected chi connectivity index (χ1v) is 14.0. The molecule has 0 unspecified atom stereocenters. The molecule has 0 fully saturated rings. The fraction of sp³-hybridized carbons (Fsp3) is 0. The van der Waals surface area contributed by atoms with E-state index in [0.29, 0.717) is 12.1 Å². The monoisotopic (exact) mass is 587 g/mol. The van der Waals surface area contributed by atoms with Crippen LogP contribution in [0.1, 0.15) is 20.7 Å². The van der Waals surface area contributed by atoms with Gasteiger partial charge in [0.05, 0.1) is 10.6 Å². The van der Waals surface area contributed by atoms with Crippen LogP contribution in [0.3, 0.4) is 0 Å². The standard InChI is InChI=1S/C25H21N3O10S2/c29-13-26-17-5-1-3-14(7-17)24(31)27-18-6-2-4-15(8-18)25(32)28-21-12-20-16(10-23(21)40(36,37)38)9-19(11-22(20)30)39(33,34)35/h1-13,30,33-35H,(H,26,29)(H,27,31)(H,28,32)(H,36,37,38). The molecule has 4 rings (SSSR count). The number of phenolic OH excluding ortho intramolecular Hbond substituents is 1. The Labute approximate surface area is 228 Å². The van der Waals surface area contributed by atoms with Crippen molar-refractivity contribution in [1.82, 2.24) is 0 Å². The van der Waals surface area contributed by atoms with Gasteiger partial charge in [-0.15, -0.1) is 0 Å². The van der Waals surface area contributed by atoms with Crippen LogP contribution in [-0.2, 0) is 14.9 Å². The number of carbonyl (C=O) groups is 3. The van der Waals surface area contributed by atoms with Crippen LogP contribution < -0.4 is 16.0 Å². The van der Waals surface area contributed by atoms with Gasteiger partial charge in [-0.2, -0.15) is 8.42 Å². The highest BCUT2D eigenvalue weighted by molar-refractivity contribution is 8.19. The molecule has 0 aliphatic carbocycles. The van der Waals surface area contributed by atoms with E-state index in [1.807, 2.05) is 0 Å². The van der Waals surface area contributed by atoms with Crippen molar-refractivity contribution in [3.05, 3.63) is 83.9 Å². The maximum Gasteiger partial charge on any atom is 0.296 e. The molecule has 208 valence electrons. The quantitative estimate of drug-likeness (QED) is 0.107. The molecule has 0 heterocycles. The fourth-order valence-corrected chi connectivity index (χ4v) is 4.99. The van der Waals surface area contributed by atoms with Crippen LogP contribution in [-0.4, -0.2) is 50.0 Å². The van der Waals surface area contributed by atoms with E-state index in [9.17, 15) is 46.1 Å². The van der Waals surface area contributed by atoms with Gasteiger partial charge in [0, 0.05) is 27.9 Å². The molecular weight excluding hydrogens is 566 g/mol.